The summed E-state index contributed by atoms with van der Waals surface area (Å²) < 4.78 is 5.97. The molecule has 6 heteroatoms. The number of hydrogen-bond acceptors (Lipinski definition) is 5. The minimum atomic E-state index is 0.311. The van der Waals surface area contributed by atoms with E-state index in [2.05, 4.69) is 22.0 Å². The summed E-state index contributed by atoms with van der Waals surface area (Å²) in [5.41, 5.74) is 1.34. The van der Waals surface area contributed by atoms with Crippen LogP contribution in [0.3, 0.4) is 0 Å². The lowest BCUT2D eigenvalue weighted by Gasteiger charge is -2.23. The van der Waals surface area contributed by atoms with Crippen molar-refractivity contribution in [1.29, 1.82) is 5.26 Å². The van der Waals surface area contributed by atoms with Gasteiger partial charge in [0.2, 0.25) is 0 Å². The minimum absolute atomic E-state index is 0.311. The zero-order chi connectivity index (χ0) is 16.9. The molecule has 0 amide bonds. The largest absolute Gasteiger partial charge is 0.493 e. The highest BCUT2D eigenvalue weighted by Crippen LogP contribution is 2.31. The van der Waals surface area contributed by atoms with E-state index >= 15 is 0 Å². The fraction of sp³-hybridized carbons (Fsp3) is 0.389. The zero-order valence-electron chi connectivity index (χ0n) is 13.6. The molecule has 1 heterocycles. The molecule has 124 valence electrons. The van der Waals surface area contributed by atoms with Gasteiger partial charge in [0.15, 0.2) is 11.5 Å². The molecule has 1 aromatic heterocycles. The summed E-state index contributed by atoms with van der Waals surface area (Å²) >= 11 is 6.17. The smallest absolute Gasteiger partial charge is 0.163 e. The number of ether oxygens (including phenoxy) is 1. The standard InChI is InChI=1S/C18H19ClN4O/c1-2-23(18-8-6-16(10-20)21-22-18)11-14-9-15(19)5-7-17(14)24-12-13-3-4-13/h5-9,13H,2-4,11-12H2,1H3. The molecule has 1 aliphatic rings. The Hall–Kier alpha value is -2.32. The summed E-state index contributed by atoms with van der Waals surface area (Å²) in [6.07, 6.45) is 2.51. The molecule has 0 N–H and O–H groups in total. The first-order valence-corrected chi connectivity index (χ1v) is 8.47. The van der Waals surface area contributed by atoms with Crippen LogP contribution < -0.4 is 9.64 Å². The molecule has 5 nitrogen and oxygen atoms in total. The average molecular weight is 343 g/mol. The average Bonchev–Trinajstić information content (AvgIpc) is 3.43. The van der Waals surface area contributed by atoms with Gasteiger partial charge in [-0.1, -0.05) is 11.6 Å². The first kappa shape index (κ1) is 16.5. The van der Waals surface area contributed by atoms with Gasteiger partial charge in [-0.25, -0.2) is 0 Å². The van der Waals surface area contributed by atoms with Crippen LogP contribution in [0.1, 0.15) is 31.0 Å². The first-order chi connectivity index (χ1) is 11.7. The van der Waals surface area contributed by atoms with Crippen LogP contribution in [0.4, 0.5) is 5.82 Å². The Labute approximate surface area is 146 Å². The van der Waals surface area contributed by atoms with Crippen molar-refractivity contribution in [3.8, 4) is 11.8 Å². The van der Waals surface area contributed by atoms with E-state index in [1.165, 1.54) is 12.8 Å². The Morgan fingerprint density at radius 3 is 2.75 bits per heavy atom. The van der Waals surface area contributed by atoms with Crippen LogP contribution in [-0.4, -0.2) is 23.3 Å². The fourth-order valence-electron chi connectivity index (χ4n) is 2.42. The van der Waals surface area contributed by atoms with Gasteiger partial charge < -0.3 is 9.64 Å². The van der Waals surface area contributed by atoms with Crippen molar-refractivity contribution < 1.29 is 4.74 Å². The van der Waals surface area contributed by atoms with Crippen LogP contribution in [0.2, 0.25) is 5.02 Å². The monoisotopic (exact) mass is 342 g/mol. The summed E-state index contributed by atoms with van der Waals surface area (Å²) in [6, 6.07) is 11.2. The second-order valence-electron chi connectivity index (χ2n) is 5.91. The predicted octanol–water partition coefficient (Wildman–Crippen LogP) is 3.82. The van der Waals surface area contributed by atoms with E-state index in [1.54, 1.807) is 6.07 Å². The van der Waals surface area contributed by atoms with Gasteiger partial charge >= 0.3 is 0 Å². The normalized spacial score (nSPS) is 13.4. The molecule has 0 saturated heterocycles. The summed E-state index contributed by atoms with van der Waals surface area (Å²) in [5, 5.41) is 17.6. The van der Waals surface area contributed by atoms with Crippen molar-refractivity contribution in [1.82, 2.24) is 10.2 Å². The van der Waals surface area contributed by atoms with Crippen molar-refractivity contribution in [2.45, 2.75) is 26.3 Å². The summed E-state index contributed by atoms with van der Waals surface area (Å²) in [4.78, 5) is 2.07. The molecule has 1 saturated carbocycles. The third-order valence-electron chi connectivity index (χ3n) is 4.03. The molecule has 1 fully saturated rings. The number of halogens is 1. The van der Waals surface area contributed by atoms with Crippen molar-refractivity contribution in [3.05, 3.63) is 46.6 Å². The molecule has 3 rings (SSSR count). The maximum Gasteiger partial charge on any atom is 0.163 e. The van der Waals surface area contributed by atoms with Gasteiger partial charge in [0, 0.05) is 23.7 Å². The highest BCUT2D eigenvalue weighted by Gasteiger charge is 2.22. The number of anilines is 1. The maximum absolute atomic E-state index is 8.84. The first-order valence-electron chi connectivity index (χ1n) is 8.09. The number of aromatic nitrogens is 2. The van der Waals surface area contributed by atoms with E-state index in [0.29, 0.717) is 23.2 Å². The lowest BCUT2D eigenvalue weighted by atomic mass is 10.2. The third-order valence-corrected chi connectivity index (χ3v) is 4.26. The second kappa shape index (κ2) is 7.50. The summed E-state index contributed by atoms with van der Waals surface area (Å²) in [7, 11) is 0. The Morgan fingerprint density at radius 2 is 2.12 bits per heavy atom. The van der Waals surface area contributed by atoms with Crippen molar-refractivity contribution in [3.63, 3.8) is 0 Å². The molecule has 1 aliphatic carbocycles. The Balaban J connectivity index is 1.78. The van der Waals surface area contributed by atoms with E-state index in [9.17, 15) is 0 Å². The topological polar surface area (TPSA) is 62.0 Å². The SMILES string of the molecule is CCN(Cc1cc(Cl)ccc1OCC1CC1)c1ccc(C#N)nn1. The maximum atomic E-state index is 8.84. The molecule has 0 spiro atoms. The molecule has 2 aromatic rings. The van der Waals surface area contributed by atoms with Crippen LogP contribution in [0.25, 0.3) is 0 Å². The number of rotatable bonds is 7. The third kappa shape index (κ3) is 4.15. The molecule has 0 atom stereocenters. The highest BCUT2D eigenvalue weighted by atomic mass is 35.5. The molecular weight excluding hydrogens is 324 g/mol. The highest BCUT2D eigenvalue weighted by molar-refractivity contribution is 6.30. The Morgan fingerprint density at radius 1 is 1.29 bits per heavy atom. The molecule has 0 bridgehead atoms. The lowest BCUT2D eigenvalue weighted by molar-refractivity contribution is 0.296. The van der Waals surface area contributed by atoms with Crippen molar-refractivity contribution in [2.75, 3.05) is 18.1 Å². The van der Waals surface area contributed by atoms with Gasteiger partial charge in [-0.2, -0.15) is 5.26 Å². The Kier molecular flexibility index (Phi) is 5.17. The number of hydrogen-bond donors (Lipinski definition) is 0. The molecule has 0 aliphatic heterocycles. The van der Waals surface area contributed by atoms with Crippen LogP contribution in [0.15, 0.2) is 30.3 Å². The van der Waals surface area contributed by atoms with E-state index in [1.807, 2.05) is 30.3 Å². The molecule has 0 unspecified atom stereocenters. The fourth-order valence-corrected chi connectivity index (χ4v) is 2.61. The van der Waals surface area contributed by atoms with Crippen LogP contribution >= 0.6 is 11.6 Å². The zero-order valence-corrected chi connectivity index (χ0v) is 14.3. The molecule has 24 heavy (non-hydrogen) atoms. The van der Waals surface area contributed by atoms with E-state index in [-0.39, 0.29) is 0 Å². The van der Waals surface area contributed by atoms with E-state index < -0.39 is 0 Å². The Bertz CT molecular complexity index is 738. The van der Waals surface area contributed by atoms with Crippen molar-refractivity contribution >= 4 is 17.4 Å². The minimum Gasteiger partial charge on any atom is -0.493 e. The predicted molar refractivity (Wildman–Crippen MR) is 93.1 cm³/mol. The van der Waals surface area contributed by atoms with Crippen LogP contribution in [0.5, 0.6) is 5.75 Å². The summed E-state index contributed by atoms with van der Waals surface area (Å²) in [6.45, 7) is 4.19. The number of benzene rings is 1. The van der Waals surface area contributed by atoms with Crippen LogP contribution in [0, 0.1) is 17.2 Å². The van der Waals surface area contributed by atoms with Crippen molar-refractivity contribution in [2.24, 2.45) is 5.92 Å². The van der Waals surface area contributed by atoms with E-state index in [4.69, 9.17) is 21.6 Å². The number of nitriles is 1. The van der Waals surface area contributed by atoms with Crippen LogP contribution in [-0.2, 0) is 6.54 Å². The quantitative estimate of drug-likeness (QED) is 0.765. The van der Waals surface area contributed by atoms with Gasteiger partial charge in [0.1, 0.15) is 11.8 Å². The van der Waals surface area contributed by atoms with Gasteiger partial charge in [0.25, 0.3) is 0 Å². The van der Waals surface area contributed by atoms with Gasteiger partial charge in [0.05, 0.1) is 6.61 Å². The molecular formula is C18H19ClN4O. The lowest BCUT2D eigenvalue weighted by Crippen LogP contribution is -2.24. The number of nitrogens with zero attached hydrogens (tertiary/aromatic N) is 4. The summed E-state index contributed by atoms with van der Waals surface area (Å²) in [5.74, 6) is 2.29. The van der Waals surface area contributed by atoms with Gasteiger partial charge in [-0.3, -0.25) is 0 Å². The molecule has 0 radical (unpaired) electrons. The second-order valence-corrected chi connectivity index (χ2v) is 6.35. The van der Waals surface area contributed by atoms with Gasteiger partial charge in [-0.15, -0.1) is 10.2 Å². The van der Waals surface area contributed by atoms with E-state index in [0.717, 1.165) is 30.3 Å². The molecule has 1 aromatic carbocycles. The van der Waals surface area contributed by atoms with Gasteiger partial charge in [-0.05, 0) is 56.0 Å².